The van der Waals surface area contributed by atoms with Crippen LogP contribution in [0.25, 0.3) is 0 Å². The summed E-state index contributed by atoms with van der Waals surface area (Å²) in [6.45, 7) is 1.90. The smallest absolute Gasteiger partial charge is 0.117 e. The maximum atomic E-state index is 10.4. The average Bonchev–Trinajstić information content (AvgIpc) is 2.13. The highest BCUT2D eigenvalue weighted by Gasteiger charge is 2.10. The molecule has 0 aliphatic heterocycles. The Kier molecular flexibility index (Phi) is 3.70. The molecule has 70 valence electrons. The Morgan fingerprint density at radius 3 is 2.54 bits per heavy atom. The lowest BCUT2D eigenvalue weighted by atomic mass is 10.1. The molecule has 13 heavy (non-hydrogen) atoms. The van der Waals surface area contributed by atoms with E-state index in [1.807, 2.05) is 6.92 Å². The molecule has 0 saturated carbocycles. The van der Waals surface area contributed by atoms with Gasteiger partial charge in [-0.2, -0.15) is 4.91 Å². The highest BCUT2D eigenvalue weighted by atomic mass is 35.5. The summed E-state index contributed by atoms with van der Waals surface area (Å²) >= 11 is 11.5. The van der Waals surface area contributed by atoms with Crippen molar-refractivity contribution < 1.29 is 0 Å². The fourth-order valence-corrected chi connectivity index (χ4v) is 1.40. The fraction of sp³-hybridized carbons (Fsp3) is 0.333. The average molecular weight is 218 g/mol. The van der Waals surface area contributed by atoms with Crippen molar-refractivity contribution in [3.05, 3.63) is 38.7 Å². The molecular formula is C9H9Cl2NO. The minimum absolute atomic E-state index is 0.324. The molecule has 2 nitrogen and oxygen atoms in total. The molecular weight excluding hydrogens is 209 g/mol. The normalized spacial score (nSPS) is 12.5. The number of benzene rings is 1. The molecule has 1 unspecified atom stereocenters. The summed E-state index contributed by atoms with van der Waals surface area (Å²) in [6.07, 6.45) is 0.668. The molecule has 0 aromatic heterocycles. The molecule has 0 N–H and O–H groups in total. The Morgan fingerprint density at radius 1 is 1.38 bits per heavy atom. The van der Waals surface area contributed by atoms with Gasteiger partial charge in [-0.15, -0.1) is 0 Å². The molecule has 1 aromatic rings. The minimum atomic E-state index is -0.324. The van der Waals surface area contributed by atoms with Gasteiger partial charge in [0.25, 0.3) is 0 Å². The molecule has 1 atom stereocenters. The highest BCUT2D eigenvalue weighted by Crippen LogP contribution is 2.28. The van der Waals surface area contributed by atoms with Crippen LogP contribution in [0.4, 0.5) is 0 Å². The van der Waals surface area contributed by atoms with E-state index in [1.54, 1.807) is 18.2 Å². The molecule has 4 heteroatoms. The van der Waals surface area contributed by atoms with Crippen LogP contribution >= 0.6 is 23.2 Å². The van der Waals surface area contributed by atoms with Gasteiger partial charge >= 0.3 is 0 Å². The molecule has 0 spiro atoms. The van der Waals surface area contributed by atoms with E-state index < -0.39 is 0 Å². The Morgan fingerprint density at radius 2 is 2.08 bits per heavy atom. The van der Waals surface area contributed by atoms with E-state index in [9.17, 15) is 4.91 Å². The molecule has 0 radical (unpaired) electrons. The third kappa shape index (κ3) is 2.42. The van der Waals surface area contributed by atoms with E-state index in [-0.39, 0.29) is 6.04 Å². The molecule has 0 aliphatic rings. The summed E-state index contributed by atoms with van der Waals surface area (Å²) in [5.41, 5.74) is 0.812. The van der Waals surface area contributed by atoms with Crippen molar-refractivity contribution in [2.75, 3.05) is 0 Å². The lowest BCUT2D eigenvalue weighted by Crippen LogP contribution is -1.92. The first-order chi connectivity index (χ1) is 6.19. The SMILES string of the molecule is CCC(N=O)c1ccc(Cl)c(Cl)c1. The van der Waals surface area contributed by atoms with Crippen molar-refractivity contribution in [1.82, 2.24) is 0 Å². The van der Waals surface area contributed by atoms with E-state index in [2.05, 4.69) is 5.18 Å². The topological polar surface area (TPSA) is 29.4 Å². The summed E-state index contributed by atoms with van der Waals surface area (Å²) in [4.78, 5) is 10.4. The molecule has 1 aromatic carbocycles. The van der Waals surface area contributed by atoms with E-state index in [0.717, 1.165) is 5.56 Å². The second-order valence-electron chi connectivity index (χ2n) is 2.70. The number of nitroso groups, excluding NO2 is 1. The minimum Gasteiger partial charge on any atom is -0.150 e. The lowest BCUT2D eigenvalue weighted by molar-refractivity contribution is 0.695. The first-order valence-electron chi connectivity index (χ1n) is 3.96. The number of hydrogen-bond donors (Lipinski definition) is 0. The predicted octanol–water partition coefficient (Wildman–Crippen LogP) is 4.21. The molecule has 1 rings (SSSR count). The molecule has 0 saturated heterocycles. The van der Waals surface area contributed by atoms with Crippen LogP contribution in [-0.4, -0.2) is 0 Å². The van der Waals surface area contributed by atoms with Gasteiger partial charge < -0.3 is 0 Å². The van der Waals surface area contributed by atoms with Crippen molar-refractivity contribution in [1.29, 1.82) is 0 Å². The van der Waals surface area contributed by atoms with Gasteiger partial charge in [-0.3, -0.25) is 0 Å². The van der Waals surface area contributed by atoms with Gasteiger partial charge in [0.05, 0.1) is 10.0 Å². The fourth-order valence-electron chi connectivity index (χ4n) is 1.09. The summed E-state index contributed by atoms with van der Waals surface area (Å²) in [6, 6.07) is 4.80. The number of nitrogens with zero attached hydrogens (tertiary/aromatic N) is 1. The Balaban J connectivity index is 3.01. The predicted molar refractivity (Wildman–Crippen MR) is 55.3 cm³/mol. The molecule has 0 amide bonds. The quantitative estimate of drug-likeness (QED) is 0.698. The zero-order chi connectivity index (χ0) is 9.84. The van der Waals surface area contributed by atoms with Gasteiger partial charge in [-0.25, -0.2) is 0 Å². The van der Waals surface area contributed by atoms with Crippen LogP contribution in [0, 0.1) is 4.91 Å². The molecule has 0 fully saturated rings. The number of hydrogen-bond acceptors (Lipinski definition) is 2. The Bertz CT molecular complexity index is 314. The summed E-state index contributed by atoms with van der Waals surface area (Å²) < 4.78 is 0. The van der Waals surface area contributed by atoms with Crippen LogP contribution in [-0.2, 0) is 0 Å². The molecule has 0 aliphatic carbocycles. The van der Waals surface area contributed by atoms with Crippen LogP contribution < -0.4 is 0 Å². The van der Waals surface area contributed by atoms with E-state index in [4.69, 9.17) is 23.2 Å². The maximum Gasteiger partial charge on any atom is 0.117 e. The summed E-state index contributed by atoms with van der Waals surface area (Å²) in [7, 11) is 0. The van der Waals surface area contributed by atoms with E-state index in [0.29, 0.717) is 16.5 Å². The first kappa shape index (κ1) is 10.5. The van der Waals surface area contributed by atoms with Gasteiger partial charge in [0.2, 0.25) is 0 Å². The Hall–Kier alpha value is -0.600. The second kappa shape index (κ2) is 4.58. The standard InChI is InChI=1S/C9H9Cl2NO/c1-2-9(12-13)6-3-4-7(10)8(11)5-6/h3-5,9H,2H2,1H3. The monoisotopic (exact) mass is 217 g/mol. The van der Waals surface area contributed by atoms with Gasteiger partial charge in [0, 0.05) is 0 Å². The van der Waals surface area contributed by atoms with E-state index in [1.165, 1.54) is 0 Å². The van der Waals surface area contributed by atoms with Crippen molar-refractivity contribution in [3.63, 3.8) is 0 Å². The summed E-state index contributed by atoms with van der Waals surface area (Å²) in [5.74, 6) is 0. The number of halogens is 2. The van der Waals surface area contributed by atoms with E-state index >= 15 is 0 Å². The van der Waals surface area contributed by atoms with Crippen LogP contribution in [0.5, 0.6) is 0 Å². The van der Waals surface area contributed by atoms with Gasteiger partial charge in [-0.1, -0.05) is 41.4 Å². The van der Waals surface area contributed by atoms with Crippen LogP contribution in [0.1, 0.15) is 24.9 Å². The van der Waals surface area contributed by atoms with Crippen LogP contribution in [0.15, 0.2) is 23.4 Å². The maximum absolute atomic E-state index is 10.4. The molecule has 0 heterocycles. The van der Waals surface area contributed by atoms with Crippen molar-refractivity contribution >= 4 is 23.2 Å². The molecule has 0 bridgehead atoms. The largest absolute Gasteiger partial charge is 0.150 e. The third-order valence-electron chi connectivity index (χ3n) is 1.84. The lowest BCUT2D eigenvalue weighted by Gasteiger charge is -2.06. The van der Waals surface area contributed by atoms with Gasteiger partial charge in [0.15, 0.2) is 0 Å². The van der Waals surface area contributed by atoms with Crippen molar-refractivity contribution in [3.8, 4) is 0 Å². The van der Waals surface area contributed by atoms with Crippen LogP contribution in [0.2, 0.25) is 10.0 Å². The third-order valence-corrected chi connectivity index (χ3v) is 2.58. The highest BCUT2D eigenvalue weighted by molar-refractivity contribution is 6.42. The van der Waals surface area contributed by atoms with Gasteiger partial charge in [-0.05, 0) is 24.1 Å². The second-order valence-corrected chi connectivity index (χ2v) is 3.52. The summed E-state index contributed by atoms with van der Waals surface area (Å²) in [5, 5.41) is 3.95. The van der Waals surface area contributed by atoms with Crippen LogP contribution in [0.3, 0.4) is 0 Å². The first-order valence-corrected chi connectivity index (χ1v) is 4.72. The zero-order valence-electron chi connectivity index (χ0n) is 7.13. The Labute approximate surface area is 86.8 Å². The van der Waals surface area contributed by atoms with Crippen molar-refractivity contribution in [2.24, 2.45) is 5.18 Å². The van der Waals surface area contributed by atoms with Crippen molar-refractivity contribution in [2.45, 2.75) is 19.4 Å². The number of rotatable bonds is 3. The van der Waals surface area contributed by atoms with Gasteiger partial charge in [0.1, 0.15) is 6.04 Å². The zero-order valence-corrected chi connectivity index (χ0v) is 8.64.